The van der Waals surface area contributed by atoms with Crippen molar-refractivity contribution in [2.45, 2.75) is 30.8 Å². The topological polar surface area (TPSA) is 125 Å². The number of hydrogen-bond donors (Lipinski definition) is 4. The molecule has 4 N–H and O–H groups in total. The second kappa shape index (κ2) is 4.57. The van der Waals surface area contributed by atoms with Gasteiger partial charge < -0.3 is 20.1 Å². The van der Waals surface area contributed by atoms with Crippen molar-refractivity contribution >= 4 is 0 Å². The Morgan fingerprint density at radius 2 is 2.11 bits per heavy atom. The summed E-state index contributed by atoms with van der Waals surface area (Å²) >= 11 is 0. The highest BCUT2D eigenvalue weighted by molar-refractivity contribution is 5.01. The summed E-state index contributed by atoms with van der Waals surface area (Å²) in [6.07, 6.45) is 0.0603. The number of H-pyrrole nitrogens is 1. The van der Waals surface area contributed by atoms with Crippen molar-refractivity contribution in [3.05, 3.63) is 33.1 Å². The summed E-state index contributed by atoms with van der Waals surface area (Å²) in [7, 11) is 0. The van der Waals surface area contributed by atoms with Gasteiger partial charge in [-0.2, -0.15) is 0 Å². The highest BCUT2D eigenvalue weighted by Gasteiger charge is 2.53. The Hall–Kier alpha value is -1.48. The summed E-state index contributed by atoms with van der Waals surface area (Å²) in [5.41, 5.74) is -4.07. The molecule has 2 atom stereocenters. The molecule has 1 fully saturated rings. The second-order valence-electron chi connectivity index (χ2n) is 5.02. The monoisotopic (exact) mass is 272 g/mol. The Bertz CT molecular complexity index is 571. The molecule has 1 aliphatic rings. The van der Waals surface area contributed by atoms with Crippen molar-refractivity contribution < 1.29 is 20.1 Å². The summed E-state index contributed by atoms with van der Waals surface area (Å²) in [5.74, 6) is 0. The van der Waals surface area contributed by atoms with Gasteiger partial charge in [0.1, 0.15) is 11.2 Å². The van der Waals surface area contributed by atoms with Crippen LogP contribution in [0, 0.1) is 0 Å². The molecular weight excluding hydrogens is 256 g/mol. The fourth-order valence-electron chi connectivity index (χ4n) is 2.35. The number of aliphatic hydroxyl groups is 3. The molecule has 8 nitrogen and oxygen atoms in total. The number of aromatic nitrogens is 2. The van der Waals surface area contributed by atoms with E-state index < -0.39 is 41.9 Å². The number of nitrogens with one attached hydrogen (secondary N) is 1. The summed E-state index contributed by atoms with van der Waals surface area (Å²) in [6.45, 7) is 0.449. The number of rotatable bonds is 3. The van der Waals surface area contributed by atoms with Crippen molar-refractivity contribution in [2.24, 2.45) is 0 Å². The van der Waals surface area contributed by atoms with E-state index in [2.05, 4.69) is 4.98 Å². The summed E-state index contributed by atoms with van der Waals surface area (Å²) in [4.78, 5) is 24.8. The van der Waals surface area contributed by atoms with Crippen LogP contribution < -0.4 is 11.2 Å². The molecule has 1 aromatic rings. The van der Waals surface area contributed by atoms with Crippen LogP contribution in [0.5, 0.6) is 0 Å². The minimum atomic E-state index is -1.46. The van der Waals surface area contributed by atoms with Crippen LogP contribution in [0.4, 0.5) is 0 Å². The van der Waals surface area contributed by atoms with E-state index in [1.165, 1.54) is 13.1 Å². The maximum atomic E-state index is 11.7. The van der Waals surface area contributed by atoms with Gasteiger partial charge in [0.15, 0.2) is 6.23 Å². The van der Waals surface area contributed by atoms with E-state index >= 15 is 0 Å². The minimum absolute atomic E-state index is 0.0385. The highest BCUT2D eigenvalue weighted by Crippen LogP contribution is 2.42. The molecule has 1 aliphatic heterocycles. The van der Waals surface area contributed by atoms with Crippen LogP contribution in [-0.2, 0) is 4.74 Å². The van der Waals surface area contributed by atoms with E-state index in [0.717, 1.165) is 10.6 Å². The van der Waals surface area contributed by atoms with E-state index in [9.17, 15) is 24.9 Å². The number of hydrogen-bond acceptors (Lipinski definition) is 6. The van der Waals surface area contributed by atoms with Gasteiger partial charge in [0.2, 0.25) is 0 Å². The van der Waals surface area contributed by atoms with E-state index in [4.69, 9.17) is 4.74 Å². The van der Waals surface area contributed by atoms with Gasteiger partial charge in [-0.05, 0) is 6.92 Å². The number of aliphatic hydroxyl groups excluding tert-OH is 2. The highest BCUT2D eigenvalue weighted by atomic mass is 16.6. The lowest BCUT2D eigenvalue weighted by atomic mass is 9.92. The van der Waals surface area contributed by atoms with Crippen molar-refractivity contribution in [2.75, 3.05) is 13.2 Å². The molecule has 19 heavy (non-hydrogen) atoms. The zero-order valence-corrected chi connectivity index (χ0v) is 10.4. The van der Waals surface area contributed by atoms with Gasteiger partial charge in [0.25, 0.3) is 5.56 Å². The molecule has 0 spiro atoms. The molecular formula is C11H16N2O6. The summed E-state index contributed by atoms with van der Waals surface area (Å²) in [6, 6.07) is 1.12. The van der Waals surface area contributed by atoms with Gasteiger partial charge in [-0.3, -0.25) is 14.3 Å². The van der Waals surface area contributed by atoms with Gasteiger partial charge in [-0.1, -0.05) is 0 Å². The molecule has 8 heteroatoms. The van der Waals surface area contributed by atoms with Crippen LogP contribution in [0.25, 0.3) is 0 Å². The molecule has 1 aromatic heterocycles. The van der Waals surface area contributed by atoms with Crippen LogP contribution in [0.2, 0.25) is 0 Å². The van der Waals surface area contributed by atoms with Crippen LogP contribution >= 0.6 is 0 Å². The molecule has 0 amide bonds. The zero-order valence-electron chi connectivity index (χ0n) is 10.4. The number of nitrogens with zero attached hydrogens (tertiary/aromatic N) is 1. The maximum absolute atomic E-state index is 11.7. The normalized spacial score (nSPS) is 29.6. The van der Waals surface area contributed by atoms with Gasteiger partial charge in [0.05, 0.1) is 13.2 Å². The van der Waals surface area contributed by atoms with Crippen LogP contribution in [-0.4, -0.2) is 49.3 Å². The molecule has 106 valence electrons. The summed E-state index contributed by atoms with van der Waals surface area (Å²) < 4.78 is 6.48. The largest absolute Gasteiger partial charge is 0.393 e. The fraction of sp³-hybridized carbons (Fsp3) is 0.636. The maximum Gasteiger partial charge on any atom is 0.330 e. The Morgan fingerprint density at radius 3 is 2.58 bits per heavy atom. The van der Waals surface area contributed by atoms with Gasteiger partial charge in [-0.15, -0.1) is 0 Å². The first-order chi connectivity index (χ1) is 8.83. The number of ether oxygens (including phenoxy) is 1. The minimum Gasteiger partial charge on any atom is -0.393 e. The van der Waals surface area contributed by atoms with E-state index in [0.29, 0.717) is 0 Å². The Morgan fingerprint density at radius 1 is 1.47 bits per heavy atom. The van der Waals surface area contributed by atoms with Crippen molar-refractivity contribution in [3.8, 4) is 0 Å². The van der Waals surface area contributed by atoms with Gasteiger partial charge >= 0.3 is 5.69 Å². The van der Waals surface area contributed by atoms with Crippen LogP contribution in [0.3, 0.4) is 0 Å². The number of aromatic amines is 1. The lowest BCUT2D eigenvalue weighted by molar-refractivity contribution is -0.141. The Labute approximate surface area is 107 Å². The lowest BCUT2D eigenvalue weighted by Crippen LogP contribution is -2.40. The second-order valence-corrected chi connectivity index (χ2v) is 5.02. The zero-order chi connectivity index (χ0) is 14.3. The van der Waals surface area contributed by atoms with Crippen LogP contribution in [0.1, 0.15) is 19.6 Å². The van der Waals surface area contributed by atoms with E-state index in [-0.39, 0.29) is 6.42 Å². The molecule has 0 aromatic carbocycles. The van der Waals surface area contributed by atoms with E-state index in [1.54, 1.807) is 0 Å². The molecule has 1 saturated heterocycles. The lowest BCUT2D eigenvalue weighted by Gasteiger charge is -2.25. The van der Waals surface area contributed by atoms with E-state index in [1.807, 2.05) is 0 Å². The first-order valence-corrected chi connectivity index (χ1v) is 5.77. The molecule has 0 aliphatic carbocycles. The molecule has 2 rings (SSSR count). The predicted octanol–water partition coefficient (Wildman–Crippen LogP) is -2.07. The molecule has 0 radical (unpaired) electrons. The quantitative estimate of drug-likeness (QED) is 0.501. The predicted molar refractivity (Wildman–Crippen MR) is 63.6 cm³/mol. The third-order valence-corrected chi connectivity index (χ3v) is 3.25. The Kier molecular flexibility index (Phi) is 3.35. The average Bonchev–Trinajstić information content (AvgIpc) is 2.62. The van der Waals surface area contributed by atoms with Crippen molar-refractivity contribution in [1.29, 1.82) is 0 Å². The SMILES string of the molecule is C[C@@]1(O)CC(CO)(CO)O[C@H]1n1ccc(=O)[nH]c1=O. The van der Waals surface area contributed by atoms with Crippen molar-refractivity contribution in [3.63, 3.8) is 0 Å². The fourth-order valence-corrected chi connectivity index (χ4v) is 2.35. The Balaban J connectivity index is 2.45. The molecule has 0 bridgehead atoms. The average molecular weight is 272 g/mol. The molecule has 0 unspecified atom stereocenters. The smallest absolute Gasteiger partial charge is 0.330 e. The first kappa shape index (κ1) is 13.9. The molecule has 0 saturated carbocycles. The standard InChI is InChI=1S/C11H16N2O6/c1-10(18)4-11(5-14,6-15)19-8(10)13-3-2-7(16)12-9(13)17/h2-3,8,14-15,18H,4-6H2,1H3,(H,12,16,17)/t8-,10-/m1/s1. The third-order valence-electron chi connectivity index (χ3n) is 3.25. The van der Waals surface area contributed by atoms with Gasteiger partial charge in [-0.25, -0.2) is 4.79 Å². The van der Waals surface area contributed by atoms with Crippen LogP contribution in [0.15, 0.2) is 21.9 Å². The van der Waals surface area contributed by atoms with Gasteiger partial charge in [0, 0.05) is 18.7 Å². The van der Waals surface area contributed by atoms with Crippen molar-refractivity contribution in [1.82, 2.24) is 9.55 Å². The first-order valence-electron chi connectivity index (χ1n) is 5.77. The third kappa shape index (κ3) is 2.35. The molecule has 2 heterocycles. The summed E-state index contributed by atoms with van der Waals surface area (Å²) in [5, 5.41) is 28.9.